The quantitative estimate of drug-likeness (QED) is 0.818. The molecule has 3 heteroatoms. The van der Waals surface area contributed by atoms with E-state index in [0.717, 1.165) is 17.8 Å². The normalized spacial score (nSPS) is 16.9. The fourth-order valence-corrected chi connectivity index (χ4v) is 1.77. The summed E-state index contributed by atoms with van der Waals surface area (Å²) in [6.07, 6.45) is 2.46. The van der Waals surface area contributed by atoms with Crippen molar-refractivity contribution < 1.29 is 9.90 Å². The molecule has 0 saturated heterocycles. The molecule has 0 unspecified atom stereocenters. The van der Waals surface area contributed by atoms with Crippen molar-refractivity contribution in [2.75, 3.05) is 11.9 Å². The third-order valence-corrected chi connectivity index (χ3v) is 3.30. The van der Waals surface area contributed by atoms with E-state index in [1.54, 1.807) is 12.1 Å². The van der Waals surface area contributed by atoms with Crippen molar-refractivity contribution in [3.8, 4) is 0 Å². The second-order valence-electron chi connectivity index (χ2n) is 4.97. The minimum atomic E-state index is -0.868. The van der Waals surface area contributed by atoms with Gasteiger partial charge in [0.05, 0.1) is 11.3 Å². The summed E-state index contributed by atoms with van der Waals surface area (Å²) in [5.74, 6) is -0.868. The van der Waals surface area contributed by atoms with Gasteiger partial charge in [-0.3, -0.25) is 0 Å². The van der Waals surface area contributed by atoms with E-state index in [4.69, 9.17) is 5.11 Å². The molecule has 0 aliphatic heterocycles. The monoisotopic (exact) mass is 219 g/mol. The highest BCUT2D eigenvalue weighted by Gasteiger charge is 2.37. The van der Waals surface area contributed by atoms with Crippen LogP contribution in [0.25, 0.3) is 0 Å². The molecule has 2 N–H and O–H groups in total. The first kappa shape index (κ1) is 11.0. The first-order valence-corrected chi connectivity index (χ1v) is 5.59. The Morgan fingerprint density at radius 2 is 2.19 bits per heavy atom. The zero-order valence-electron chi connectivity index (χ0n) is 9.71. The highest BCUT2D eigenvalue weighted by Crippen LogP contribution is 2.45. The number of anilines is 1. The average molecular weight is 219 g/mol. The molecule has 1 aliphatic carbocycles. The summed E-state index contributed by atoms with van der Waals surface area (Å²) >= 11 is 0. The number of rotatable bonds is 4. The highest BCUT2D eigenvalue weighted by atomic mass is 16.4. The van der Waals surface area contributed by atoms with Gasteiger partial charge in [-0.25, -0.2) is 4.79 Å². The SMILES string of the molecule is Cc1cccc(C(=O)O)c1NCC1(C)CC1. The van der Waals surface area contributed by atoms with Crippen molar-refractivity contribution >= 4 is 11.7 Å². The van der Waals surface area contributed by atoms with Crippen LogP contribution in [-0.4, -0.2) is 17.6 Å². The second-order valence-corrected chi connectivity index (χ2v) is 4.97. The van der Waals surface area contributed by atoms with Crippen molar-refractivity contribution in [1.29, 1.82) is 0 Å². The number of hydrogen-bond acceptors (Lipinski definition) is 2. The Kier molecular flexibility index (Phi) is 2.62. The lowest BCUT2D eigenvalue weighted by atomic mass is 10.1. The summed E-state index contributed by atoms with van der Waals surface area (Å²) in [5, 5.41) is 12.4. The maximum atomic E-state index is 11.1. The Hall–Kier alpha value is -1.51. The fraction of sp³-hybridized carbons (Fsp3) is 0.462. The Labute approximate surface area is 95.5 Å². The zero-order chi connectivity index (χ0) is 11.8. The van der Waals surface area contributed by atoms with E-state index in [0.29, 0.717) is 11.0 Å². The molecule has 1 fully saturated rings. The van der Waals surface area contributed by atoms with E-state index >= 15 is 0 Å². The molecule has 1 saturated carbocycles. The summed E-state index contributed by atoms with van der Waals surface area (Å²) in [7, 11) is 0. The summed E-state index contributed by atoms with van der Waals surface area (Å²) in [6.45, 7) is 5.01. The van der Waals surface area contributed by atoms with Crippen molar-refractivity contribution in [3.05, 3.63) is 29.3 Å². The zero-order valence-corrected chi connectivity index (χ0v) is 9.71. The smallest absolute Gasteiger partial charge is 0.337 e. The number of nitrogens with one attached hydrogen (secondary N) is 1. The lowest BCUT2D eigenvalue weighted by Crippen LogP contribution is -2.15. The van der Waals surface area contributed by atoms with Crippen LogP contribution in [0.15, 0.2) is 18.2 Å². The number of carbonyl (C=O) groups is 1. The lowest BCUT2D eigenvalue weighted by molar-refractivity contribution is 0.0698. The van der Waals surface area contributed by atoms with Gasteiger partial charge in [0.15, 0.2) is 0 Å². The van der Waals surface area contributed by atoms with E-state index in [-0.39, 0.29) is 0 Å². The number of aryl methyl sites for hydroxylation is 1. The van der Waals surface area contributed by atoms with Crippen LogP contribution in [0.4, 0.5) is 5.69 Å². The van der Waals surface area contributed by atoms with Crippen molar-refractivity contribution in [2.24, 2.45) is 5.41 Å². The van der Waals surface area contributed by atoms with E-state index < -0.39 is 5.97 Å². The van der Waals surface area contributed by atoms with Gasteiger partial charge in [0.25, 0.3) is 0 Å². The van der Waals surface area contributed by atoms with Crippen LogP contribution in [0.3, 0.4) is 0 Å². The van der Waals surface area contributed by atoms with Crippen LogP contribution in [-0.2, 0) is 0 Å². The van der Waals surface area contributed by atoms with Crippen LogP contribution in [0.2, 0.25) is 0 Å². The second kappa shape index (κ2) is 3.81. The van der Waals surface area contributed by atoms with Gasteiger partial charge in [0.2, 0.25) is 0 Å². The third kappa shape index (κ3) is 2.18. The summed E-state index contributed by atoms with van der Waals surface area (Å²) < 4.78 is 0. The highest BCUT2D eigenvalue weighted by molar-refractivity contribution is 5.95. The van der Waals surface area contributed by atoms with Crippen molar-refractivity contribution in [3.63, 3.8) is 0 Å². The molecule has 16 heavy (non-hydrogen) atoms. The van der Waals surface area contributed by atoms with Crippen LogP contribution >= 0.6 is 0 Å². The molecule has 1 aromatic rings. The summed E-state index contributed by atoms with van der Waals surface area (Å²) in [5.41, 5.74) is 2.49. The molecule has 1 aliphatic rings. The Bertz CT molecular complexity index is 422. The molecule has 0 bridgehead atoms. The van der Waals surface area contributed by atoms with Crippen LogP contribution < -0.4 is 5.32 Å². The number of para-hydroxylation sites is 1. The molecule has 0 atom stereocenters. The van der Waals surface area contributed by atoms with E-state index in [1.807, 2.05) is 13.0 Å². The van der Waals surface area contributed by atoms with Crippen LogP contribution in [0, 0.1) is 12.3 Å². The standard InChI is InChI=1S/C13H17NO2/c1-9-4-3-5-10(12(15)16)11(9)14-8-13(2)6-7-13/h3-5,14H,6-8H2,1-2H3,(H,15,16). The molecule has 0 spiro atoms. The van der Waals surface area contributed by atoms with Crippen molar-refractivity contribution in [1.82, 2.24) is 0 Å². The molecule has 0 aromatic heterocycles. The average Bonchev–Trinajstić information content (AvgIpc) is 2.95. The molecular weight excluding hydrogens is 202 g/mol. The number of hydrogen-bond donors (Lipinski definition) is 2. The molecule has 0 heterocycles. The van der Waals surface area contributed by atoms with Gasteiger partial charge < -0.3 is 10.4 Å². The maximum absolute atomic E-state index is 11.1. The first-order valence-electron chi connectivity index (χ1n) is 5.59. The predicted molar refractivity (Wildman–Crippen MR) is 64.0 cm³/mol. The first-order chi connectivity index (χ1) is 7.52. The van der Waals surface area contributed by atoms with Gasteiger partial charge in [-0.2, -0.15) is 0 Å². The van der Waals surface area contributed by atoms with Gasteiger partial charge in [-0.05, 0) is 36.8 Å². The van der Waals surface area contributed by atoms with Gasteiger partial charge in [0, 0.05) is 6.54 Å². The van der Waals surface area contributed by atoms with Crippen molar-refractivity contribution in [2.45, 2.75) is 26.7 Å². The van der Waals surface area contributed by atoms with E-state index in [9.17, 15) is 4.79 Å². The Balaban J connectivity index is 2.20. The third-order valence-electron chi connectivity index (χ3n) is 3.30. The number of aromatic carboxylic acids is 1. The minimum Gasteiger partial charge on any atom is -0.478 e. The van der Waals surface area contributed by atoms with Gasteiger partial charge in [-0.15, -0.1) is 0 Å². The van der Waals surface area contributed by atoms with E-state index in [2.05, 4.69) is 12.2 Å². The summed E-state index contributed by atoms with van der Waals surface area (Å²) in [4.78, 5) is 11.1. The Morgan fingerprint density at radius 1 is 1.50 bits per heavy atom. The number of carboxylic acid groups (broad SMARTS) is 1. The fourth-order valence-electron chi connectivity index (χ4n) is 1.77. The van der Waals surface area contributed by atoms with Crippen LogP contribution in [0.1, 0.15) is 35.7 Å². The Morgan fingerprint density at radius 3 is 2.75 bits per heavy atom. The predicted octanol–water partition coefficient (Wildman–Crippen LogP) is 2.91. The van der Waals surface area contributed by atoms with E-state index in [1.165, 1.54) is 12.8 Å². The molecular formula is C13H17NO2. The van der Waals surface area contributed by atoms with Gasteiger partial charge in [-0.1, -0.05) is 19.1 Å². The molecule has 3 nitrogen and oxygen atoms in total. The van der Waals surface area contributed by atoms with Crippen LogP contribution in [0.5, 0.6) is 0 Å². The topological polar surface area (TPSA) is 49.3 Å². The molecule has 1 aromatic carbocycles. The lowest BCUT2D eigenvalue weighted by Gasteiger charge is -2.15. The van der Waals surface area contributed by atoms with Gasteiger partial charge >= 0.3 is 5.97 Å². The number of carboxylic acids is 1. The molecule has 0 amide bonds. The molecule has 2 rings (SSSR count). The molecule has 0 radical (unpaired) electrons. The number of benzene rings is 1. The van der Waals surface area contributed by atoms with Gasteiger partial charge in [0.1, 0.15) is 0 Å². The maximum Gasteiger partial charge on any atom is 0.337 e. The summed E-state index contributed by atoms with van der Waals surface area (Å²) in [6, 6.07) is 5.36. The minimum absolute atomic E-state index is 0.365. The molecule has 86 valence electrons. The largest absolute Gasteiger partial charge is 0.478 e.